The number of benzene rings is 1. The molecule has 2 heterocycles. The van der Waals surface area contributed by atoms with Crippen molar-refractivity contribution in [2.45, 2.75) is 81.1 Å². The molecule has 4 N–H and O–H groups in total. The molecule has 1 saturated carbocycles. The first-order chi connectivity index (χ1) is 17.6. The number of carboxylic acid groups (broad SMARTS) is 1. The lowest BCUT2D eigenvalue weighted by atomic mass is 9.45. The molecule has 6 rings (SSSR count). The minimum atomic E-state index is -1.84. The molecule has 1 amide bonds. The van der Waals surface area contributed by atoms with Crippen molar-refractivity contribution in [2.75, 3.05) is 6.54 Å². The number of aliphatic hydroxyl groups is 2. The fourth-order valence-corrected chi connectivity index (χ4v) is 7.68. The standard InChI is InChI=1S/C27H31NO9/c1-13-6-8-26-21-14-4-5-17(29)22(21)37-23(26)19(7-9-27(26,35)15(13)11-14)36-25(34)16-3-2-10-28(16)20(31)12-18(30)24(32)33/h4-5,7,13,15-16,18,23,29-30,35H,2-3,6,8-12H2,1H3,(H,32,33)/t13?,15-,16-,18-,23-,26?,27+/m0/s1. The van der Waals surface area contributed by atoms with Gasteiger partial charge in [-0.15, -0.1) is 0 Å². The Bertz CT molecular complexity index is 1230. The second kappa shape index (κ2) is 8.19. The van der Waals surface area contributed by atoms with Crippen LogP contribution in [0, 0.1) is 11.8 Å². The molecule has 10 nitrogen and oxygen atoms in total. The van der Waals surface area contributed by atoms with Gasteiger partial charge in [-0.3, -0.25) is 4.79 Å². The second-order valence-electron chi connectivity index (χ2n) is 11.2. The Kier molecular flexibility index (Phi) is 5.37. The summed E-state index contributed by atoms with van der Waals surface area (Å²) in [6, 6.07) is 2.59. The maximum Gasteiger partial charge on any atom is 0.334 e. The average Bonchev–Trinajstić information content (AvgIpc) is 3.48. The Morgan fingerprint density at radius 1 is 1.27 bits per heavy atom. The van der Waals surface area contributed by atoms with E-state index in [0.717, 1.165) is 17.5 Å². The van der Waals surface area contributed by atoms with Crippen molar-refractivity contribution in [2.24, 2.45) is 11.8 Å². The third-order valence-electron chi connectivity index (χ3n) is 9.45. The molecular weight excluding hydrogens is 482 g/mol. The number of phenols is 1. The van der Waals surface area contributed by atoms with Crippen LogP contribution in [-0.2, 0) is 31.0 Å². The number of ether oxygens (including phenoxy) is 2. The maximum absolute atomic E-state index is 13.3. The van der Waals surface area contributed by atoms with E-state index in [0.29, 0.717) is 37.4 Å². The highest BCUT2D eigenvalue weighted by atomic mass is 16.6. The number of likely N-dealkylation sites (tertiary alicyclic amines) is 1. The Labute approximate surface area is 213 Å². The molecule has 0 aromatic heterocycles. The summed E-state index contributed by atoms with van der Waals surface area (Å²) < 4.78 is 12.2. The summed E-state index contributed by atoms with van der Waals surface area (Å²) in [4.78, 5) is 38.2. The molecule has 198 valence electrons. The van der Waals surface area contributed by atoms with Crippen LogP contribution in [0.25, 0.3) is 0 Å². The van der Waals surface area contributed by atoms with Gasteiger partial charge in [0.15, 0.2) is 23.7 Å². The number of aliphatic carboxylic acids is 1. The van der Waals surface area contributed by atoms with E-state index in [-0.39, 0.29) is 30.4 Å². The highest BCUT2D eigenvalue weighted by molar-refractivity contribution is 5.88. The van der Waals surface area contributed by atoms with E-state index >= 15 is 0 Å². The van der Waals surface area contributed by atoms with Gasteiger partial charge in [-0.05, 0) is 68.1 Å². The monoisotopic (exact) mass is 513 g/mol. The number of carbonyl (C=O) groups excluding carboxylic acids is 2. The van der Waals surface area contributed by atoms with E-state index in [1.54, 1.807) is 12.1 Å². The SMILES string of the molecule is CC1CCC23c4c5ccc(O)c4O[C@H]2C(OC(=O)[C@@H]2CCCN2C(=O)C[C@H](O)C(=O)O)=CC[C@@]3(O)[C@H]1C5. The third kappa shape index (κ3) is 3.21. The number of carboxylic acids is 1. The quantitative estimate of drug-likeness (QED) is 0.428. The number of carbonyl (C=O) groups is 3. The van der Waals surface area contributed by atoms with E-state index in [1.807, 2.05) is 6.07 Å². The second-order valence-corrected chi connectivity index (χ2v) is 11.2. The van der Waals surface area contributed by atoms with Gasteiger partial charge in [-0.2, -0.15) is 0 Å². The molecule has 1 spiro atoms. The first-order valence-electron chi connectivity index (χ1n) is 12.9. The summed E-state index contributed by atoms with van der Waals surface area (Å²) in [5.74, 6) is -1.93. The van der Waals surface area contributed by atoms with Crippen molar-refractivity contribution < 1.29 is 44.3 Å². The molecule has 1 aromatic carbocycles. The Hall–Kier alpha value is -3.11. The van der Waals surface area contributed by atoms with Crippen molar-refractivity contribution in [1.82, 2.24) is 4.90 Å². The lowest BCUT2D eigenvalue weighted by molar-refractivity contribution is -0.172. The number of hydrogen-bond acceptors (Lipinski definition) is 8. The number of aromatic hydroxyl groups is 1. The minimum Gasteiger partial charge on any atom is -0.504 e. The summed E-state index contributed by atoms with van der Waals surface area (Å²) in [5, 5.41) is 41.4. The van der Waals surface area contributed by atoms with Crippen molar-refractivity contribution in [3.05, 3.63) is 35.1 Å². The number of aliphatic hydroxyl groups excluding tert-OH is 1. The van der Waals surface area contributed by atoms with Gasteiger partial charge < -0.3 is 34.8 Å². The summed E-state index contributed by atoms with van der Waals surface area (Å²) in [6.45, 7) is 2.41. The van der Waals surface area contributed by atoms with E-state index in [4.69, 9.17) is 14.6 Å². The Morgan fingerprint density at radius 2 is 2.05 bits per heavy atom. The number of amides is 1. The zero-order valence-corrected chi connectivity index (χ0v) is 20.6. The zero-order chi connectivity index (χ0) is 26.3. The Balaban J connectivity index is 1.31. The highest BCUT2D eigenvalue weighted by Crippen LogP contribution is 2.68. The molecule has 1 aromatic rings. The number of hydrogen-bond donors (Lipinski definition) is 4. The van der Waals surface area contributed by atoms with Crippen LogP contribution >= 0.6 is 0 Å². The van der Waals surface area contributed by atoms with Gasteiger partial charge in [0.1, 0.15) is 11.8 Å². The topological polar surface area (TPSA) is 154 Å². The van der Waals surface area contributed by atoms with E-state index < -0.39 is 53.5 Å². The number of esters is 1. The predicted molar refractivity (Wildman–Crippen MR) is 127 cm³/mol. The summed E-state index contributed by atoms with van der Waals surface area (Å²) in [7, 11) is 0. The van der Waals surface area contributed by atoms with Crippen LogP contribution in [-0.4, -0.2) is 73.6 Å². The maximum atomic E-state index is 13.3. The van der Waals surface area contributed by atoms with Gasteiger partial charge in [0.25, 0.3) is 0 Å². The molecule has 37 heavy (non-hydrogen) atoms. The molecule has 2 bridgehead atoms. The molecule has 7 atom stereocenters. The average molecular weight is 514 g/mol. The molecule has 10 heteroatoms. The highest BCUT2D eigenvalue weighted by Gasteiger charge is 2.72. The largest absolute Gasteiger partial charge is 0.504 e. The van der Waals surface area contributed by atoms with E-state index in [9.17, 15) is 29.7 Å². The smallest absolute Gasteiger partial charge is 0.334 e. The Morgan fingerprint density at radius 3 is 2.81 bits per heavy atom. The van der Waals surface area contributed by atoms with Gasteiger partial charge in [-0.1, -0.05) is 13.0 Å². The summed E-state index contributed by atoms with van der Waals surface area (Å²) in [5.41, 5.74) is -0.120. The van der Waals surface area contributed by atoms with Crippen LogP contribution in [0.1, 0.15) is 56.6 Å². The summed E-state index contributed by atoms with van der Waals surface area (Å²) in [6.07, 6.45) is 1.76. The fraction of sp³-hybridized carbons (Fsp3) is 0.593. The zero-order valence-electron chi connectivity index (χ0n) is 20.6. The molecule has 1 saturated heterocycles. The minimum absolute atomic E-state index is 0.00699. The number of rotatable bonds is 5. The van der Waals surface area contributed by atoms with Crippen LogP contribution in [0.5, 0.6) is 11.5 Å². The van der Waals surface area contributed by atoms with Crippen molar-refractivity contribution in [3.63, 3.8) is 0 Å². The van der Waals surface area contributed by atoms with Crippen molar-refractivity contribution in [1.29, 1.82) is 0 Å². The molecule has 0 radical (unpaired) electrons. The van der Waals surface area contributed by atoms with E-state index in [2.05, 4.69) is 6.92 Å². The van der Waals surface area contributed by atoms with Gasteiger partial charge in [0.05, 0.1) is 17.4 Å². The van der Waals surface area contributed by atoms with Gasteiger partial charge >= 0.3 is 11.9 Å². The fourth-order valence-electron chi connectivity index (χ4n) is 7.68. The molecule has 2 fully saturated rings. The van der Waals surface area contributed by atoms with Crippen LogP contribution in [0.15, 0.2) is 24.0 Å². The van der Waals surface area contributed by atoms with E-state index in [1.165, 1.54) is 4.90 Å². The lowest BCUT2D eigenvalue weighted by Gasteiger charge is -2.61. The number of nitrogens with zero attached hydrogens (tertiary/aromatic N) is 1. The molecule has 3 aliphatic carbocycles. The molecule has 2 aliphatic heterocycles. The lowest BCUT2D eigenvalue weighted by Crippen LogP contribution is -2.69. The van der Waals surface area contributed by atoms with Crippen molar-refractivity contribution >= 4 is 17.8 Å². The van der Waals surface area contributed by atoms with Gasteiger partial charge in [0, 0.05) is 12.1 Å². The summed E-state index contributed by atoms with van der Waals surface area (Å²) >= 11 is 0. The third-order valence-corrected chi connectivity index (χ3v) is 9.45. The first-order valence-corrected chi connectivity index (χ1v) is 12.9. The number of phenolic OH excluding ortho intramolecular Hbond substituents is 1. The van der Waals surface area contributed by atoms with Crippen LogP contribution in [0.4, 0.5) is 0 Å². The normalized spacial score (nSPS) is 35.8. The van der Waals surface area contributed by atoms with Crippen molar-refractivity contribution in [3.8, 4) is 11.5 Å². The molecule has 5 aliphatic rings. The van der Waals surface area contributed by atoms with Crippen LogP contribution in [0.2, 0.25) is 0 Å². The molecular formula is C27H31NO9. The van der Waals surface area contributed by atoms with Crippen LogP contribution < -0.4 is 4.74 Å². The van der Waals surface area contributed by atoms with Gasteiger partial charge in [0.2, 0.25) is 5.91 Å². The van der Waals surface area contributed by atoms with Gasteiger partial charge in [-0.25, -0.2) is 9.59 Å². The van der Waals surface area contributed by atoms with Crippen LogP contribution in [0.3, 0.4) is 0 Å². The predicted octanol–water partition coefficient (Wildman–Crippen LogP) is 1.38. The molecule has 2 unspecified atom stereocenters. The first kappa shape index (κ1) is 24.2.